The average molecular weight is 341 g/mol. The minimum atomic E-state index is -0.495. The summed E-state index contributed by atoms with van der Waals surface area (Å²) in [6.45, 7) is 6.12. The second kappa shape index (κ2) is 8.87. The smallest absolute Gasteiger partial charge is 0.325 e. The van der Waals surface area contributed by atoms with Gasteiger partial charge in [0, 0.05) is 5.56 Å². The van der Waals surface area contributed by atoms with Gasteiger partial charge in [-0.2, -0.15) is 0 Å². The van der Waals surface area contributed by atoms with Gasteiger partial charge < -0.3 is 14.8 Å². The molecule has 0 atom stereocenters. The van der Waals surface area contributed by atoms with Crippen LogP contribution in [0.3, 0.4) is 0 Å². The molecule has 2 rings (SSSR count). The fourth-order valence-corrected chi connectivity index (χ4v) is 2.21. The second-order valence-corrected chi connectivity index (χ2v) is 5.87. The maximum atomic E-state index is 12.0. The van der Waals surface area contributed by atoms with E-state index in [1.165, 1.54) is 0 Å². The number of rotatable bonds is 7. The molecular weight excluding hydrogens is 318 g/mol. The van der Waals surface area contributed by atoms with Gasteiger partial charge in [-0.1, -0.05) is 18.2 Å². The number of amides is 1. The van der Waals surface area contributed by atoms with E-state index in [4.69, 9.17) is 9.47 Å². The van der Waals surface area contributed by atoms with Gasteiger partial charge in [-0.3, -0.25) is 9.59 Å². The summed E-state index contributed by atoms with van der Waals surface area (Å²) >= 11 is 0. The highest BCUT2D eigenvalue weighted by Crippen LogP contribution is 2.12. The first kappa shape index (κ1) is 18.5. The van der Waals surface area contributed by atoms with Crippen molar-refractivity contribution >= 4 is 11.9 Å². The van der Waals surface area contributed by atoms with Crippen molar-refractivity contribution in [1.82, 2.24) is 5.32 Å². The molecule has 25 heavy (non-hydrogen) atoms. The van der Waals surface area contributed by atoms with Crippen molar-refractivity contribution < 1.29 is 19.1 Å². The number of esters is 1. The third kappa shape index (κ3) is 5.95. The van der Waals surface area contributed by atoms with Gasteiger partial charge in [-0.25, -0.2) is 0 Å². The quantitative estimate of drug-likeness (QED) is 0.621. The molecule has 1 N–H and O–H groups in total. The molecule has 0 fully saturated rings. The molecule has 0 aromatic heterocycles. The predicted octanol–water partition coefficient (Wildman–Crippen LogP) is 2.96. The van der Waals surface area contributed by atoms with Gasteiger partial charge in [0.2, 0.25) is 0 Å². The fourth-order valence-electron chi connectivity index (χ4n) is 2.21. The maximum Gasteiger partial charge on any atom is 0.325 e. The van der Waals surface area contributed by atoms with Crippen molar-refractivity contribution in [3.63, 3.8) is 0 Å². The van der Waals surface area contributed by atoms with Crippen LogP contribution in [-0.2, 0) is 9.53 Å². The van der Waals surface area contributed by atoms with Gasteiger partial charge in [0.1, 0.15) is 25.5 Å². The normalized spacial score (nSPS) is 10.2. The number of benzene rings is 2. The molecular formula is C20H23NO4. The number of nitrogens with one attached hydrogen (secondary N) is 1. The summed E-state index contributed by atoms with van der Waals surface area (Å²) in [4.78, 5) is 23.7. The number of hydrogen-bond donors (Lipinski definition) is 1. The molecule has 0 saturated carbocycles. The van der Waals surface area contributed by atoms with Crippen LogP contribution in [0, 0.1) is 20.8 Å². The first-order valence-corrected chi connectivity index (χ1v) is 8.16. The number of carbonyl (C=O) groups is 2. The zero-order valence-corrected chi connectivity index (χ0v) is 14.8. The molecule has 2 aromatic carbocycles. The Balaban J connectivity index is 1.68. The molecule has 5 nitrogen and oxygen atoms in total. The first-order chi connectivity index (χ1) is 12.0. The summed E-state index contributed by atoms with van der Waals surface area (Å²) in [5.74, 6) is -0.0554. The summed E-state index contributed by atoms with van der Waals surface area (Å²) in [5, 5.41) is 2.56. The Labute approximate surface area is 148 Å². The Hall–Kier alpha value is -2.82. The van der Waals surface area contributed by atoms with E-state index in [-0.39, 0.29) is 25.7 Å². The van der Waals surface area contributed by atoms with Crippen molar-refractivity contribution in [2.75, 3.05) is 19.8 Å². The Bertz CT molecular complexity index is 755. The number of hydrogen-bond acceptors (Lipinski definition) is 4. The average Bonchev–Trinajstić information content (AvgIpc) is 2.59. The molecule has 0 unspecified atom stereocenters. The molecule has 0 bridgehead atoms. The lowest BCUT2D eigenvalue weighted by Crippen LogP contribution is -2.31. The van der Waals surface area contributed by atoms with Gasteiger partial charge in [0.05, 0.1) is 0 Å². The number of ether oxygens (including phenoxy) is 2. The molecule has 0 radical (unpaired) electrons. The molecule has 0 aliphatic heterocycles. The van der Waals surface area contributed by atoms with Crippen LogP contribution in [0.5, 0.6) is 5.75 Å². The van der Waals surface area contributed by atoms with E-state index in [1.807, 2.05) is 51.1 Å². The largest absolute Gasteiger partial charge is 0.490 e. The van der Waals surface area contributed by atoms with E-state index >= 15 is 0 Å². The summed E-state index contributed by atoms with van der Waals surface area (Å²) < 4.78 is 10.5. The van der Waals surface area contributed by atoms with E-state index in [1.54, 1.807) is 12.1 Å². The van der Waals surface area contributed by atoms with Crippen LogP contribution < -0.4 is 10.1 Å². The zero-order chi connectivity index (χ0) is 18.2. The van der Waals surface area contributed by atoms with E-state index in [2.05, 4.69) is 5.32 Å². The highest BCUT2D eigenvalue weighted by molar-refractivity contribution is 5.96. The lowest BCUT2D eigenvalue weighted by atomic mass is 10.1. The summed E-state index contributed by atoms with van der Waals surface area (Å²) in [6.07, 6.45) is 0. The van der Waals surface area contributed by atoms with Crippen LogP contribution in [-0.4, -0.2) is 31.6 Å². The summed E-state index contributed by atoms with van der Waals surface area (Å²) in [6, 6.07) is 13.0. The van der Waals surface area contributed by atoms with E-state index in [9.17, 15) is 9.59 Å². The van der Waals surface area contributed by atoms with Crippen LogP contribution in [0.2, 0.25) is 0 Å². The number of carbonyl (C=O) groups excluding carboxylic acids is 2. The van der Waals surface area contributed by atoms with E-state index in [0.29, 0.717) is 5.56 Å². The fraction of sp³-hybridized carbons (Fsp3) is 0.300. The van der Waals surface area contributed by atoms with Crippen molar-refractivity contribution in [3.05, 3.63) is 64.7 Å². The highest BCUT2D eigenvalue weighted by Gasteiger charge is 2.09. The Kier molecular flexibility index (Phi) is 6.57. The van der Waals surface area contributed by atoms with E-state index < -0.39 is 5.97 Å². The molecule has 1 amide bonds. The first-order valence-electron chi connectivity index (χ1n) is 8.16. The van der Waals surface area contributed by atoms with Gasteiger partial charge in [0.25, 0.3) is 5.91 Å². The van der Waals surface area contributed by atoms with Gasteiger partial charge in [0.15, 0.2) is 0 Å². The molecule has 132 valence electrons. The van der Waals surface area contributed by atoms with Crippen LogP contribution in [0.15, 0.2) is 42.5 Å². The van der Waals surface area contributed by atoms with Gasteiger partial charge >= 0.3 is 5.97 Å². The van der Waals surface area contributed by atoms with Crippen molar-refractivity contribution in [1.29, 1.82) is 0 Å². The molecule has 5 heteroatoms. The number of aryl methyl sites for hydroxylation is 3. The third-order valence-corrected chi connectivity index (χ3v) is 3.77. The molecule has 0 saturated heterocycles. The van der Waals surface area contributed by atoms with Crippen molar-refractivity contribution in [2.45, 2.75) is 20.8 Å². The lowest BCUT2D eigenvalue weighted by Gasteiger charge is -2.09. The van der Waals surface area contributed by atoms with Crippen LogP contribution >= 0.6 is 0 Å². The van der Waals surface area contributed by atoms with Gasteiger partial charge in [-0.15, -0.1) is 0 Å². The molecule has 0 heterocycles. The summed E-state index contributed by atoms with van der Waals surface area (Å²) in [5.41, 5.74) is 3.77. The SMILES string of the molecule is Cc1cccc(OCCOC(=O)CNC(=O)c2ccc(C)c(C)c2)c1. The Morgan fingerprint density at radius 2 is 1.76 bits per heavy atom. The highest BCUT2D eigenvalue weighted by atomic mass is 16.6. The van der Waals surface area contributed by atoms with Crippen molar-refractivity contribution in [3.8, 4) is 5.75 Å². The standard InChI is InChI=1S/C20H23NO4/c1-14-5-4-6-18(11-14)24-9-10-25-19(22)13-21-20(23)17-8-7-15(2)16(3)12-17/h4-8,11-12H,9-10,13H2,1-3H3,(H,21,23). The second-order valence-electron chi connectivity index (χ2n) is 5.87. The Morgan fingerprint density at radius 1 is 0.960 bits per heavy atom. The monoisotopic (exact) mass is 341 g/mol. The molecule has 2 aromatic rings. The maximum absolute atomic E-state index is 12.0. The minimum absolute atomic E-state index is 0.131. The predicted molar refractivity (Wildman–Crippen MR) is 95.9 cm³/mol. The topological polar surface area (TPSA) is 64.6 Å². The molecule has 0 aliphatic rings. The lowest BCUT2D eigenvalue weighted by molar-refractivity contribution is -0.143. The van der Waals surface area contributed by atoms with Crippen LogP contribution in [0.4, 0.5) is 0 Å². The Morgan fingerprint density at radius 3 is 2.48 bits per heavy atom. The summed E-state index contributed by atoms with van der Waals surface area (Å²) in [7, 11) is 0. The minimum Gasteiger partial charge on any atom is -0.490 e. The van der Waals surface area contributed by atoms with Crippen LogP contribution in [0.25, 0.3) is 0 Å². The van der Waals surface area contributed by atoms with E-state index in [0.717, 1.165) is 22.4 Å². The third-order valence-electron chi connectivity index (χ3n) is 3.77. The van der Waals surface area contributed by atoms with Gasteiger partial charge in [-0.05, 0) is 61.7 Å². The van der Waals surface area contributed by atoms with Crippen LogP contribution in [0.1, 0.15) is 27.0 Å². The molecule has 0 spiro atoms. The van der Waals surface area contributed by atoms with Crippen molar-refractivity contribution in [2.24, 2.45) is 0 Å². The zero-order valence-electron chi connectivity index (χ0n) is 14.8. The molecule has 0 aliphatic carbocycles.